The minimum atomic E-state index is 0.583. The summed E-state index contributed by atoms with van der Waals surface area (Å²) in [5, 5.41) is 3.01. The molecule has 0 bridgehead atoms. The summed E-state index contributed by atoms with van der Waals surface area (Å²) in [5.41, 5.74) is 0. The first-order chi connectivity index (χ1) is 10.8. The highest BCUT2D eigenvalue weighted by molar-refractivity contribution is 4.40. The molecule has 0 aliphatic heterocycles. The smallest absolute Gasteiger partial charge is 0.0701 e. The Balaban J connectivity index is 2.94. The lowest BCUT2D eigenvalue weighted by molar-refractivity contribution is -0.0114. The van der Waals surface area contributed by atoms with Gasteiger partial charge in [-0.15, -0.1) is 0 Å². The molecular weight excluding hydrogens is 288 g/mol. The third kappa shape index (κ3) is 19.7. The minimum absolute atomic E-state index is 0.583. The molecule has 0 aliphatic carbocycles. The summed E-state index contributed by atoms with van der Waals surface area (Å²) < 4.78 is 26.9. The summed E-state index contributed by atoms with van der Waals surface area (Å²) >= 11 is 0. The van der Waals surface area contributed by atoms with Crippen LogP contribution in [0.5, 0.6) is 0 Å². The molecule has 0 saturated heterocycles. The van der Waals surface area contributed by atoms with E-state index in [0.29, 0.717) is 59.5 Å². The van der Waals surface area contributed by atoms with Crippen molar-refractivity contribution >= 4 is 0 Å². The van der Waals surface area contributed by atoms with Crippen molar-refractivity contribution in [2.75, 3.05) is 100 Å². The van der Waals surface area contributed by atoms with Gasteiger partial charge in [0, 0.05) is 13.1 Å². The van der Waals surface area contributed by atoms with E-state index >= 15 is 0 Å². The van der Waals surface area contributed by atoms with Gasteiger partial charge in [0.1, 0.15) is 0 Å². The predicted octanol–water partition coefficient (Wildman–Crippen LogP) is -0.150. The first-order valence-corrected chi connectivity index (χ1v) is 7.95. The van der Waals surface area contributed by atoms with E-state index in [9.17, 15) is 0 Å². The summed E-state index contributed by atoms with van der Waals surface area (Å²) in [7, 11) is 5.95. The summed E-state index contributed by atoms with van der Waals surface area (Å²) in [4.78, 5) is 2.09. The summed E-state index contributed by atoms with van der Waals surface area (Å²) in [5.74, 6) is 0. The molecule has 0 aromatic carbocycles. The minimum Gasteiger partial charge on any atom is -0.378 e. The molecule has 0 radical (unpaired) electrons. The summed E-state index contributed by atoms with van der Waals surface area (Å²) in [6, 6.07) is 0. The molecule has 0 saturated carbocycles. The van der Waals surface area contributed by atoms with E-state index in [-0.39, 0.29) is 0 Å². The molecule has 0 heterocycles. The standard InChI is InChI=1S/C15H34N2O5/c1-16-4-6-18-8-10-20-12-14-22-15-13-21-11-9-19-7-5-17(2)3/h16H,4-15H2,1-3H3. The van der Waals surface area contributed by atoms with Crippen molar-refractivity contribution in [2.45, 2.75) is 0 Å². The second kappa shape index (κ2) is 18.8. The average molecular weight is 322 g/mol. The van der Waals surface area contributed by atoms with E-state index in [1.54, 1.807) is 0 Å². The van der Waals surface area contributed by atoms with Gasteiger partial charge in [-0.25, -0.2) is 0 Å². The zero-order valence-electron chi connectivity index (χ0n) is 14.5. The SMILES string of the molecule is CNCCOCCOCCOCCOCCOCCN(C)C. The Kier molecular flexibility index (Phi) is 18.5. The maximum absolute atomic E-state index is 5.41. The lowest BCUT2D eigenvalue weighted by atomic mass is 10.6. The molecule has 0 aliphatic rings. The van der Waals surface area contributed by atoms with Crippen LogP contribution in [0.25, 0.3) is 0 Å². The van der Waals surface area contributed by atoms with Crippen LogP contribution in [0.15, 0.2) is 0 Å². The fourth-order valence-electron chi connectivity index (χ4n) is 1.40. The second-order valence-electron chi connectivity index (χ2n) is 4.97. The third-order valence-corrected chi connectivity index (χ3v) is 2.67. The van der Waals surface area contributed by atoms with Crippen LogP contribution in [0.2, 0.25) is 0 Å². The Bertz CT molecular complexity index is 208. The molecule has 0 rings (SSSR count). The van der Waals surface area contributed by atoms with Gasteiger partial charge in [0.2, 0.25) is 0 Å². The van der Waals surface area contributed by atoms with Crippen LogP contribution in [0.4, 0.5) is 0 Å². The van der Waals surface area contributed by atoms with E-state index in [1.165, 1.54) is 0 Å². The topological polar surface area (TPSA) is 61.4 Å². The van der Waals surface area contributed by atoms with E-state index < -0.39 is 0 Å². The summed E-state index contributed by atoms with van der Waals surface area (Å²) in [6.45, 7) is 8.06. The van der Waals surface area contributed by atoms with Gasteiger partial charge in [-0.2, -0.15) is 0 Å². The molecule has 0 atom stereocenters. The maximum atomic E-state index is 5.41. The first-order valence-electron chi connectivity index (χ1n) is 7.95. The lowest BCUT2D eigenvalue weighted by Gasteiger charge is -2.10. The highest BCUT2D eigenvalue weighted by atomic mass is 16.6. The van der Waals surface area contributed by atoms with Crippen molar-refractivity contribution in [3.8, 4) is 0 Å². The molecule has 22 heavy (non-hydrogen) atoms. The molecule has 134 valence electrons. The number of nitrogens with one attached hydrogen (secondary N) is 1. The number of hydrogen-bond donors (Lipinski definition) is 1. The molecule has 0 spiro atoms. The van der Waals surface area contributed by atoms with Crippen LogP contribution in [0.3, 0.4) is 0 Å². The van der Waals surface area contributed by atoms with Crippen molar-refractivity contribution in [1.29, 1.82) is 0 Å². The van der Waals surface area contributed by atoms with E-state index in [1.807, 2.05) is 21.1 Å². The van der Waals surface area contributed by atoms with Gasteiger partial charge in [-0.1, -0.05) is 0 Å². The number of likely N-dealkylation sites (N-methyl/N-ethyl adjacent to an activating group) is 2. The van der Waals surface area contributed by atoms with Crippen molar-refractivity contribution < 1.29 is 23.7 Å². The van der Waals surface area contributed by atoms with Crippen molar-refractivity contribution in [3.63, 3.8) is 0 Å². The zero-order valence-corrected chi connectivity index (χ0v) is 14.5. The monoisotopic (exact) mass is 322 g/mol. The van der Waals surface area contributed by atoms with Gasteiger partial charge in [0.15, 0.2) is 0 Å². The molecule has 0 unspecified atom stereocenters. The molecule has 0 amide bonds. The predicted molar refractivity (Wildman–Crippen MR) is 86.6 cm³/mol. The molecule has 7 nitrogen and oxygen atoms in total. The van der Waals surface area contributed by atoms with Gasteiger partial charge >= 0.3 is 0 Å². The summed E-state index contributed by atoms with van der Waals surface area (Å²) in [6.07, 6.45) is 0. The molecule has 0 aromatic rings. The largest absolute Gasteiger partial charge is 0.378 e. The molecule has 0 fully saturated rings. The maximum Gasteiger partial charge on any atom is 0.0701 e. The highest BCUT2D eigenvalue weighted by Crippen LogP contribution is 1.84. The highest BCUT2D eigenvalue weighted by Gasteiger charge is 1.94. The average Bonchev–Trinajstić information content (AvgIpc) is 2.50. The zero-order chi connectivity index (χ0) is 16.3. The van der Waals surface area contributed by atoms with E-state index in [2.05, 4.69) is 10.2 Å². The normalized spacial score (nSPS) is 11.5. The van der Waals surface area contributed by atoms with E-state index in [0.717, 1.165) is 19.7 Å². The van der Waals surface area contributed by atoms with Gasteiger partial charge in [-0.3, -0.25) is 0 Å². The Morgan fingerprint density at radius 2 is 0.955 bits per heavy atom. The van der Waals surface area contributed by atoms with Gasteiger partial charge < -0.3 is 33.9 Å². The Morgan fingerprint density at radius 1 is 0.591 bits per heavy atom. The number of ether oxygens (including phenoxy) is 5. The second-order valence-corrected chi connectivity index (χ2v) is 4.97. The van der Waals surface area contributed by atoms with Crippen LogP contribution in [0.1, 0.15) is 0 Å². The van der Waals surface area contributed by atoms with Crippen molar-refractivity contribution in [3.05, 3.63) is 0 Å². The van der Waals surface area contributed by atoms with Crippen molar-refractivity contribution in [2.24, 2.45) is 0 Å². The fraction of sp³-hybridized carbons (Fsp3) is 1.00. The molecular formula is C15H34N2O5. The van der Waals surface area contributed by atoms with Crippen LogP contribution in [-0.4, -0.2) is 105 Å². The van der Waals surface area contributed by atoms with Crippen LogP contribution >= 0.6 is 0 Å². The fourth-order valence-corrected chi connectivity index (χ4v) is 1.40. The van der Waals surface area contributed by atoms with Gasteiger partial charge in [0.25, 0.3) is 0 Å². The van der Waals surface area contributed by atoms with E-state index in [4.69, 9.17) is 23.7 Å². The Labute approximate surface area is 135 Å². The van der Waals surface area contributed by atoms with Gasteiger partial charge in [0.05, 0.1) is 66.1 Å². The van der Waals surface area contributed by atoms with Crippen LogP contribution in [0, 0.1) is 0 Å². The number of hydrogen-bond acceptors (Lipinski definition) is 7. The van der Waals surface area contributed by atoms with Gasteiger partial charge in [-0.05, 0) is 21.1 Å². The Hall–Kier alpha value is -0.280. The Morgan fingerprint density at radius 3 is 1.32 bits per heavy atom. The number of rotatable bonds is 18. The van der Waals surface area contributed by atoms with Crippen LogP contribution < -0.4 is 5.32 Å². The molecule has 1 N–H and O–H groups in total. The number of nitrogens with zero attached hydrogens (tertiary/aromatic N) is 1. The first kappa shape index (κ1) is 21.7. The quantitative estimate of drug-likeness (QED) is 0.352. The van der Waals surface area contributed by atoms with Crippen LogP contribution in [-0.2, 0) is 23.7 Å². The van der Waals surface area contributed by atoms with Crippen molar-refractivity contribution in [1.82, 2.24) is 10.2 Å². The third-order valence-electron chi connectivity index (χ3n) is 2.67. The lowest BCUT2D eigenvalue weighted by Crippen LogP contribution is -2.19. The molecule has 0 aromatic heterocycles. The molecule has 7 heteroatoms.